The number of nitrogens with one attached hydrogen (secondary N) is 2. The van der Waals surface area contributed by atoms with Crippen LogP contribution in [0.4, 0.5) is 0 Å². The van der Waals surface area contributed by atoms with E-state index in [0.29, 0.717) is 18.0 Å². The van der Waals surface area contributed by atoms with Crippen LogP contribution in [0.5, 0.6) is 0 Å². The predicted molar refractivity (Wildman–Crippen MR) is 114 cm³/mol. The summed E-state index contributed by atoms with van der Waals surface area (Å²) in [4.78, 5) is 10.8. The first-order valence-electron chi connectivity index (χ1n) is 9.95. The molecule has 1 aliphatic rings. The van der Waals surface area contributed by atoms with E-state index >= 15 is 0 Å². The third kappa shape index (κ3) is 5.96. The minimum Gasteiger partial charge on any atom is -0.356 e. The van der Waals surface area contributed by atoms with Crippen LogP contribution in [0.1, 0.15) is 44.0 Å². The number of aliphatic imine (C=N–C) groups is 1. The second kappa shape index (κ2) is 10.9. The van der Waals surface area contributed by atoms with Crippen LogP contribution in [0.3, 0.4) is 0 Å². The average Bonchev–Trinajstić information content (AvgIpc) is 3.17. The maximum atomic E-state index is 4.41. The van der Waals surface area contributed by atoms with Crippen LogP contribution in [0.25, 0.3) is 0 Å². The molecule has 2 N–H and O–H groups in total. The molecule has 0 radical (unpaired) electrons. The molecule has 1 aliphatic heterocycles. The molecule has 1 fully saturated rings. The van der Waals surface area contributed by atoms with Gasteiger partial charge in [0.2, 0.25) is 0 Å². The monoisotopic (exact) mass is 379 g/mol. The zero-order chi connectivity index (χ0) is 18.9. The lowest BCUT2D eigenvalue weighted by molar-refractivity contribution is 0.125. The largest absolute Gasteiger partial charge is 0.356 e. The van der Waals surface area contributed by atoms with E-state index in [2.05, 4.69) is 70.9 Å². The van der Waals surface area contributed by atoms with Crippen molar-refractivity contribution in [2.24, 2.45) is 10.9 Å². The summed E-state index contributed by atoms with van der Waals surface area (Å²) in [6.45, 7) is 8.61. The molecule has 0 amide bonds. The summed E-state index contributed by atoms with van der Waals surface area (Å²) < 4.78 is 0. The lowest BCUT2D eigenvalue weighted by atomic mass is 9.88. The first-order chi connectivity index (χ1) is 12.6. The number of hydrogen-bond acceptors (Lipinski definition) is 4. The summed E-state index contributed by atoms with van der Waals surface area (Å²) in [5.41, 5.74) is 0. The molecular weight excluding hydrogens is 342 g/mol. The SMILES string of the molecule is CCC(C)N(C)CCNC(=NC)NCC1CCCN(C)C1c1cccs1. The van der Waals surface area contributed by atoms with Crippen molar-refractivity contribution in [1.29, 1.82) is 0 Å². The summed E-state index contributed by atoms with van der Waals surface area (Å²) in [5.74, 6) is 1.54. The fourth-order valence-corrected chi connectivity index (χ4v) is 4.70. The van der Waals surface area contributed by atoms with E-state index in [1.807, 2.05) is 18.4 Å². The number of guanidine groups is 1. The number of likely N-dealkylation sites (tertiary alicyclic amines) is 1. The molecule has 0 aromatic carbocycles. The first kappa shape index (κ1) is 21.2. The Kier molecular flexibility index (Phi) is 8.88. The van der Waals surface area contributed by atoms with Gasteiger partial charge in [-0.15, -0.1) is 11.3 Å². The second-order valence-corrected chi connectivity index (χ2v) is 8.44. The van der Waals surface area contributed by atoms with Gasteiger partial charge in [0.1, 0.15) is 0 Å². The number of nitrogens with zero attached hydrogens (tertiary/aromatic N) is 3. The van der Waals surface area contributed by atoms with Gasteiger partial charge in [0.15, 0.2) is 5.96 Å². The van der Waals surface area contributed by atoms with Crippen molar-refractivity contribution in [2.75, 3.05) is 47.3 Å². The molecule has 0 spiro atoms. The normalized spacial score (nSPS) is 23.2. The highest BCUT2D eigenvalue weighted by atomic mass is 32.1. The van der Waals surface area contributed by atoms with Crippen molar-refractivity contribution in [3.05, 3.63) is 22.4 Å². The molecule has 2 rings (SSSR count). The van der Waals surface area contributed by atoms with E-state index in [4.69, 9.17) is 0 Å². The Bertz CT molecular complexity index is 530. The second-order valence-electron chi connectivity index (χ2n) is 7.46. The molecule has 1 aromatic rings. The summed E-state index contributed by atoms with van der Waals surface area (Å²) in [5, 5.41) is 9.22. The van der Waals surface area contributed by atoms with Crippen LogP contribution in [-0.2, 0) is 0 Å². The zero-order valence-corrected chi connectivity index (χ0v) is 18.0. The van der Waals surface area contributed by atoms with Crippen molar-refractivity contribution in [3.8, 4) is 0 Å². The molecule has 0 saturated carbocycles. The Hall–Kier alpha value is -1.11. The molecule has 6 heteroatoms. The van der Waals surface area contributed by atoms with Gasteiger partial charge in [-0.3, -0.25) is 9.89 Å². The minimum atomic E-state index is 0.519. The maximum absolute atomic E-state index is 4.41. The maximum Gasteiger partial charge on any atom is 0.191 e. The van der Waals surface area contributed by atoms with Gasteiger partial charge in [-0.25, -0.2) is 0 Å². The molecule has 2 heterocycles. The summed E-state index contributed by atoms with van der Waals surface area (Å²) in [7, 11) is 6.31. The van der Waals surface area contributed by atoms with Crippen molar-refractivity contribution in [1.82, 2.24) is 20.4 Å². The Morgan fingerprint density at radius 2 is 2.27 bits per heavy atom. The van der Waals surface area contributed by atoms with E-state index in [-0.39, 0.29) is 0 Å². The van der Waals surface area contributed by atoms with Crippen LogP contribution in [0, 0.1) is 5.92 Å². The number of likely N-dealkylation sites (N-methyl/N-ethyl adjacent to an activating group) is 1. The Labute approximate surface area is 163 Å². The fourth-order valence-electron chi connectivity index (χ4n) is 3.71. The summed E-state index contributed by atoms with van der Waals surface area (Å²) in [6.07, 6.45) is 3.73. The fraction of sp³-hybridized carbons (Fsp3) is 0.750. The lowest BCUT2D eigenvalue weighted by Gasteiger charge is -2.39. The molecule has 0 bridgehead atoms. The van der Waals surface area contributed by atoms with Crippen molar-refractivity contribution in [2.45, 2.75) is 45.2 Å². The van der Waals surface area contributed by atoms with Crippen LogP contribution in [-0.4, -0.2) is 69.1 Å². The first-order valence-corrected chi connectivity index (χ1v) is 10.8. The van der Waals surface area contributed by atoms with Gasteiger partial charge in [0.25, 0.3) is 0 Å². The molecule has 1 aromatic heterocycles. The van der Waals surface area contributed by atoms with Gasteiger partial charge in [-0.05, 0) is 64.2 Å². The topological polar surface area (TPSA) is 42.9 Å². The highest BCUT2D eigenvalue weighted by molar-refractivity contribution is 7.10. The van der Waals surface area contributed by atoms with Gasteiger partial charge in [0, 0.05) is 43.6 Å². The van der Waals surface area contributed by atoms with E-state index < -0.39 is 0 Å². The molecular formula is C20H37N5S. The Morgan fingerprint density at radius 1 is 1.46 bits per heavy atom. The Balaban J connectivity index is 1.83. The number of piperidine rings is 1. The standard InChI is InChI=1S/C20H37N5S/c1-6-16(2)24(4)13-11-22-20(21-3)23-15-17-9-7-12-25(5)19(17)18-10-8-14-26-18/h8,10,14,16-17,19H,6-7,9,11-13,15H2,1-5H3,(H2,21,22,23). The lowest BCUT2D eigenvalue weighted by Crippen LogP contribution is -2.46. The quantitative estimate of drug-likeness (QED) is 0.538. The van der Waals surface area contributed by atoms with Crippen molar-refractivity contribution >= 4 is 17.3 Å². The average molecular weight is 380 g/mol. The molecule has 3 atom stereocenters. The van der Waals surface area contributed by atoms with Crippen molar-refractivity contribution < 1.29 is 0 Å². The van der Waals surface area contributed by atoms with Gasteiger partial charge >= 0.3 is 0 Å². The van der Waals surface area contributed by atoms with E-state index in [0.717, 1.165) is 25.6 Å². The number of rotatable bonds is 8. The van der Waals surface area contributed by atoms with Gasteiger partial charge in [0.05, 0.1) is 0 Å². The number of hydrogen-bond donors (Lipinski definition) is 2. The third-order valence-electron chi connectivity index (χ3n) is 5.70. The van der Waals surface area contributed by atoms with Crippen LogP contribution in [0.2, 0.25) is 0 Å². The molecule has 26 heavy (non-hydrogen) atoms. The van der Waals surface area contributed by atoms with E-state index in [1.54, 1.807) is 0 Å². The molecule has 0 aliphatic carbocycles. The van der Waals surface area contributed by atoms with Gasteiger partial charge in [-0.1, -0.05) is 13.0 Å². The van der Waals surface area contributed by atoms with Crippen LogP contribution in [0.15, 0.2) is 22.5 Å². The highest BCUT2D eigenvalue weighted by Crippen LogP contribution is 2.36. The highest BCUT2D eigenvalue weighted by Gasteiger charge is 2.31. The summed E-state index contributed by atoms with van der Waals surface area (Å²) in [6, 6.07) is 5.59. The number of thiophene rings is 1. The molecule has 3 unspecified atom stereocenters. The molecule has 1 saturated heterocycles. The Morgan fingerprint density at radius 3 is 2.92 bits per heavy atom. The predicted octanol–water partition coefficient (Wildman–Crippen LogP) is 3.03. The van der Waals surface area contributed by atoms with Crippen LogP contribution < -0.4 is 10.6 Å². The smallest absolute Gasteiger partial charge is 0.191 e. The van der Waals surface area contributed by atoms with Crippen molar-refractivity contribution in [3.63, 3.8) is 0 Å². The minimum absolute atomic E-state index is 0.519. The zero-order valence-electron chi connectivity index (χ0n) is 17.2. The van der Waals surface area contributed by atoms with E-state index in [1.165, 1.54) is 30.7 Å². The third-order valence-corrected chi connectivity index (χ3v) is 6.64. The molecule has 5 nitrogen and oxygen atoms in total. The van der Waals surface area contributed by atoms with Gasteiger partial charge in [-0.2, -0.15) is 0 Å². The van der Waals surface area contributed by atoms with Gasteiger partial charge < -0.3 is 15.5 Å². The van der Waals surface area contributed by atoms with Crippen LogP contribution >= 0.6 is 11.3 Å². The van der Waals surface area contributed by atoms with E-state index in [9.17, 15) is 0 Å². The summed E-state index contributed by atoms with van der Waals surface area (Å²) >= 11 is 1.88. The molecule has 148 valence electrons.